The largest absolute Gasteiger partial charge is 0.506 e. The molecule has 0 amide bonds. The number of hydrogen-bond acceptors (Lipinski definition) is 7. The molecule has 0 aromatic heterocycles. The van der Waals surface area contributed by atoms with Crippen LogP contribution in [0.1, 0.15) is 46.5 Å². The van der Waals surface area contributed by atoms with Crippen LogP contribution in [0.2, 0.25) is 0 Å². The predicted molar refractivity (Wildman–Crippen MR) is 84.8 cm³/mol. The average molecular weight is 334 g/mol. The Hall–Kier alpha value is -1.31. The number of ether oxygens (including phenoxy) is 1. The van der Waals surface area contributed by atoms with Crippen LogP contribution in [-0.4, -0.2) is 56.9 Å². The Morgan fingerprint density at radius 1 is 1.04 bits per heavy atom. The van der Waals surface area contributed by atoms with E-state index < -0.39 is 36.3 Å². The van der Waals surface area contributed by atoms with Crippen molar-refractivity contribution >= 4 is 5.97 Å². The van der Waals surface area contributed by atoms with Gasteiger partial charge in [0.05, 0.1) is 13.2 Å². The average Bonchev–Trinajstić information content (AvgIpc) is 2.51. The smallest absolute Gasteiger partial charge is 0.377 e. The first-order chi connectivity index (χ1) is 10.7. The molecule has 0 saturated carbocycles. The molecule has 0 rings (SSSR count). The highest BCUT2D eigenvalue weighted by Crippen LogP contribution is 2.16. The van der Waals surface area contributed by atoms with E-state index in [9.17, 15) is 20.1 Å². The lowest BCUT2D eigenvalue weighted by Crippen LogP contribution is -2.32. The Kier molecular flexibility index (Phi) is 10.6. The molecule has 7 heteroatoms. The summed E-state index contributed by atoms with van der Waals surface area (Å²) < 4.78 is 4.82. The van der Waals surface area contributed by atoms with Gasteiger partial charge in [-0.05, 0) is 18.3 Å². The fraction of sp³-hybridized carbons (Fsp3) is 0.812. The van der Waals surface area contributed by atoms with Gasteiger partial charge in [0.1, 0.15) is 12.2 Å². The highest BCUT2D eigenvalue weighted by Gasteiger charge is 2.26. The first kappa shape index (κ1) is 21.7. The summed E-state index contributed by atoms with van der Waals surface area (Å²) in [6.45, 7) is 5.62. The molecule has 136 valence electrons. The van der Waals surface area contributed by atoms with E-state index in [0.717, 1.165) is 19.3 Å². The first-order valence-electron chi connectivity index (χ1n) is 7.96. The maximum absolute atomic E-state index is 11.5. The summed E-state index contributed by atoms with van der Waals surface area (Å²) >= 11 is 0. The van der Waals surface area contributed by atoms with Gasteiger partial charge < -0.3 is 30.3 Å². The standard InChI is InChI=1S/C16H30O7/c1-10(2)5-4-6-11(3)7-8-23-16(22)15(21)14(20)13(19)12(18)9-17/h10-13,17-21H,4-9H2,1-3H3/b15-14+. The van der Waals surface area contributed by atoms with Crippen LogP contribution in [0.15, 0.2) is 11.5 Å². The Morgan fingerprint density at radius 3 is 2.17 bits per heavy atom. The van der Waals surface area contributed by atoms with Crippen molar-refractivity contribution in [2.75, 3.05) is 13.2 Å². The van der Waals surface area contributed by atoms with Gasteiger partial charge in [-0.25, -0.2) is 4.79 Å². The van der Waals surface area contributed by atoms with Gasteiger partial charge in [-0.1, -0.05) is 40.0 Å². The van der Waals surface area contributed by atoms with Gasteiger partial charge in [0.2, 0.25) is 5.76 Å². The number of aliphatic hydroxyl groups excluding tert-OH is 5. The van der Waals surface area contributed by atoms with Gasteiger partial charge in [0.25, 0.3) is 0 Å². The van der Waals surface area contributed by atoms with Gasteiger partial charge in [-0.15, -0.1) is 0 Å². The Balaban J connectivity index is 4.23. The highest BCUT2D eigenvalue weighted by atomic mass is 16.5. The molecule has 0 aromatic carbocycles. The third-order valence-corrected chi connectivity index (χ3v) is 3.59. The second-order valence-corrected chi connectivity index (χ2v) is 6.28. The van der Waals surface area contributed by atoms with E-state index in [4.69, 9.17) is 14.9 Å². The molecule has 0 aromatic rings. The molecule has 3 unspecified atom stereocenters. The zero-order chi connectivity index (χ0) is 18.0. The fourth-order valence-corrected chi connectivity index (χ4v) is 1.97. The van der Waals surface area contributed by atoms with E-state index in [0.29, 0.717) is 18.3 Å². The minimum Gasteiger partial charge on any atom is -0.506 e. The van der Waals surface area contributed by atoms with Crippen molar-refractivity contribution in [2.24, 2.45) is 11.8 Å². The summed E-state index contributed by atoms with van der Waals surface area (Å²) in [4.78, 5) is 11.5. The summed E-state index contributed by atoms with van der Waals surface area (Å²) in [6, 6.07) is 0. The molecule has 0 aliphatic heterocycles. The molecule has 0 aliphatic rings. The summed E-state index contributed by atoms with van der Waals surface area (Å²) in [7, 11) is 0. The van der Waals surface area contributed by atoms with Gasteiger partial charge in [-0.2, -0.15) is 0 Å². The van der Waals surface area contributed by atoms with Crippen LogP contribution in [-0.2, 0) is 9.53 Å². The van der Waals surface area contributed by atoms with Crippen molar-refractivity contribution < 1.29 is 35.1 Å². The van der Waals surface area contributed by atoms with Crippen LogP contribution >= 0.6 is 0 Å². The number of aliphatic hydroxyl groups is 5. The van der Waals surface area contributed by atoms with Crippen molar-refractivity contribution in [3.8, 4) is 0 Å². The van der Waals surface area contributed by atoms with Crippen LogP contribution in [0.5, 0.6) is 0 Å². The maximum Gasteiger partial charge on any atom is 0.377 e. The topological polar surface area (TPSA) is 127 Å². The van der Waals surface area contributed by atoms with Crippen LogP contribution in [0, 0.1) is 11.8 Å². The number of carbonyl (C=O) groups is 1. The maximum atomic E-state index is 11.5. The van der Waals surface area contributed by atoms with Crippen molar-refractivity contribution in [1.82, 2.24) is 0 Å². The normalized spacial score (nSPS) is 16.7. The third-order valence-electron chi connectivity index (χ3n) is 3.59. The lowest BCUT2D eigenvalue weighted by Gasteiger charge is -2.16. The molecule has 0 bridgehead atoms. The number of carbonyl (C=O) groups excluding carboxylic acids is 1. The van der Waals surface area contributed by atoms with Crippen LogP contribution in [0.3, 0.4) is 0 Å². The van der Waals surface area contributed by atoms with Crippen LogP contribution in [0.4, 0.5) is 0 Å². The Bertz CT molecular complexity index is 379. The van der Waals surface area contributed by atoms with Crippen molar-refractivity contribution in [3.05, 3.63) is 11.5 Å². The third kappa shape index (κ3) is 8.78. The second-order valence-electron chi connectivity index (χ2n) is 6.28. The molecular weight excluding hydrogens is 304 g/mol. The monoisotopic (exact) mass is 334 g/mol. The van der Waals surface area contributed by atoms with Gasteiger partial charge in [-0.3, -0.25) is 0 Å². The van der Waals surface area contributed by atoms with E-state index in [-0.39, 0.29) is 6.61 Å². The molecular formula is C16H30O7. The van der Waals surface area contributed by atoms with Gasteiger partial charge in [0, 0.05) is 0 Å². The molecule has 0 fully saturated rings. The van der Waals surface area contributed by atoms with E-state index >= 15 is 0 Å². The first-order valence-corrected chi connectivity index (χ1v) is 7.96. The van der Waals surface area contributed by atoms with E-state index in [2.05, 4.69) is 13.8 Å². The SMILES string of the molecule is CC(C)CCCC(C)CCOC(=O)/C(O)=C(\O)C(O)C(O)CO. The lowest BCUT2D eigenvalue weighted by atomic mass is 9.98. The Labute approximate surface area is 137 Å². The van der Waals surface area contributed by atoms with Crippen molar-refractivity contribution in [3.63, 3.8) is 0 Å². The molecule has 7 nitrogen and oxygen atoms in total. The zero-order valence-electron chi connectivity index (χ0n) is 14.1. The fourth-order valence-electron chi connectivity index (χ4n) is 1.97. The van der Waals surface area contributed by atoms with Crippen molar-refractivity contribution in [1.29, 1.82) is 0 Å². The lowest BCUT2D eigenvalue weighted by molar-refractivity contribution is -0.143. The van der Waals surface area contributed by atoms with E-state index in [1.807, 2.05) is 6.92 Å². The van der Waals surface area contributed by atoms with Crippen LogP contribution < -0.4 is 0 Å². The minimum atomic E-state index is -1.96. The van der Waals surface area contributed by atoms with Crippen LogP contribution in [0.25, 0.3) is 0 Å². The number of hydrogen-bond donors (Lipinski definition) is 5. The molecule has 0 spiro atoms. The number of esters is 1. The summed E-state index contributed by atoms with van der Waals surface area (Å²) in [5.41, 5.74) is 0. The molecule has 0 radical (unpaired) electrons. The number of rotatable bonds is 11. The molecule has 0 heterocycles. The molecule has 0 aliphatic carbocycles. The second kappa shape index (κ2) is 11.3. The van der Waals surface area contributed by atoms with Gasteiger partial charge in [0.15, 0.2) is 5.76 Å². The van der Waals surface area contributed by atoms with E-state index in [1.54, 1.807) is 0 Å². The summed E-state index contributed by atoms with van der Waals surface area (Å²) in [5.74, 6) is -2.45. The quantitative estimate of drug-likeness (QED) is 0.220. The molecule has 0 saturated heterocycles. The molecule has 23 heavy (non-hydrogen) atoms. The van der Waals surface area contributed by atoms with Gasteiger partial charge >= 0.3 is 5.97 Å². The molecule has 5 N–H and O–H groups in total. The summed E-state index contributed by atoms with van der Waals surface area (Å²) in [5, 5.41) is 46.1. The minimum absolute atomic E-state index is 0.0810. The van der Waals surface area contributed by atoms with E-state index in [1.165, 1.54) is 0 Å². The Morgan fingerprint density at radius 2 is 1.65 bits per heavy atom. The highest BCUT2D eigenvalue weighted by molar-refractivity contribution is 5.86. The van der Waals surface area contributed by atoms with Crippen molar-refractivity contribution in [2.45, 2.75) is 58.7 Å². The zero-order valence-corrected chi connectivity index (χ0v) is 14.1. The summed E-state index contributed by atoms with van der Waals surface area (Å²) in [6.07, 6.45) is 0.230. The molecule has 3 atom stereocenters. The predicted octanol–water partition coefficient (Wildman–Crippen LogP) is 1.42.